The van der Waals surface area contributed by atoms with Gasteiger partial charge in [-0.15, -0.1) is 0 Å². The molecule has 0 fully saturated rings. The van der Waals surface area contributed by atoms with Crippen LogP contribution in [0, 0.1) is 13.8 Å². The fourth-order valence-electron chi connectivity index (χ4n) is 2.84. The largest absolute Gasteiger partial charge is 0.326 e. The van der Waals surface area contributed by atoms with Crippen molar-refractivity contribution in [2.45, 2.75) is 19.9 Å². The first-order valence-corrected chi connectivity index (χ1v) is 9.71. The van der Waals surface area contributed by atoms with Crippen LogP contribution in [-0.4, -0.2) is 26.2 Å². The van der Waals surface area contributed by atoms with Crippen molar-refractivity contribution in [3.63, 3.8) is 0 Å². The maximum absolute atomic E-state index is 13.0. The summed E-state index contributed by atoms with van der Waals surface area (Å²) >= 11 is 0. The summed E-state index contributed by atoms with van der Waals surface area (Å²) in [5.41, 5.74) is 3.28. The zero-order chi connectivity index (χ0) is 18.0. The Morgan fingerprint density at radius 1 is 1.12 bits per heavy atom. The molecule has 0 radical (unpaired) electrons. The molecule has 130 valence electrons. The Kier molecular flexibility index (Phi) is 4.63. The molecule has 3 rings (SSSR count). The highest BCUT2D eigenvalue weighted by Gasteiger charge is 2.32. The number of nitrogens with one attached hydrogen (secondary N) is 1. The molecule has 6 heteroatoms. The van der Waals surface area contributed by atoms with Gasteiger partial charge in [0.15, 0.2) is 9.84 Å². The highest BCUT2D eigenvalue weighted by Crippen LogP contribution is 2.28. The van der Waals surface area contributed by atoms with Crippen molar-refractivity contribution in [1.82, 2.24) is 0 Å². The summed E-state index contributed by atoms with van der Waals surface area (Å²) in [5, 5.41) is 4.04. The molecule has 0 aromatic heterocycles. The standard InChI is InChI=1S/C19H20N2O3S/c1-14-8-9-15(2)18(12-14)21(17-10-11-25(23,24)13-17)19(22)20-16-6-4-3-5-7-16/h3-12,17H,13H2,1-2H3,(H,20,22). The molecule has 2 aromatic rings. The van der Waals surface area contributed by atoms with Gasteiger partial charge in [0.25, 0.3) is 0 Å². The Hall–Kier alpha value is -2.60. The van der Waals surface area contributed by atoms with E-state index in [0.717, 1.165) is 11.1 Å². The number of nitrogens with zero attached hydrogens (tertiary/aromatic N) is 1. The van der Waals surface area contributed by atoms with E-state index in [2.05, 4.69) is 5.32 Å². The minimum absolute atomic E-state index is 0.109. The van der Waals surface area contributed by atoms with Gasteiger partial charge in [0, 0.05) is 16.8 Å². The number of carbonyl (C=O) groups is 1. The molecule has 1 atom stereocenters. The zero-order valence-electron chi connectivity index (χ0n) is 14.1. The highest BCUT2D eigenvalue weighted by molar-refractivity contribution is 7.94. The Balaban J connectivity index is 1.99. The molecule has 0 aliphatic carbocycles. The van der Waals surface area contributed by atoms with E-state index < -0.39 is 15.9 Å². The lowest BCUT2D eigenvalue weighted by atomic mass is 10.1. The summed E-state index contributed by atoms with van der Waals surface area (Å²) in [6.07, 6.45) is 1.57. The molecule has 0 saturated heterocycles. The number of benzene rings is 2. The lowest BCUT2D eigenvalue weighted by Gasteiger charge is -2.29. The van der Waals surface area contributed by atoms with Gasteiger partial charge in [-0.3, -0.25) is 4.90 Å². The first kappa shape index (κ1) is 17.2. The summed E-state index contributed by atoms with van der Waals surface area (Å²) in [7, 11) is -3.28. The molecule has 25 heavy (non-hydrogen) atoms. The molecule has 1 aliphatic heterocycles. The number of amides is 2. The zero-order valence-corrected chi connectivity index (χ0v) is 15.0. The molecule has 2 amide bonds. The van der Waals surface area contributed by atoms with Gasteiger partial charge >= 0.3 is 6.03 Å². The number of hydrogen-bond acceptors (Lipinski definition) is 3. The van der Waals surface area contributed by atoms with Gasteiger partial charge in [-0.2, -0.15) is 0 Å². The summed E-state index contributed by atoms with van der Waals surface area (Å²) in [4.78, 5) is 14.5. The van der Waals surface area contributed by atoms with Crippen LogP contribution in [0.4, 0.5) is 16.2 Å². The van der Waals surface area contributed by atoms with E-state index in [-0.39, 0.29) is 11.8 Å². The van der Waals surface area contributed by atoms with Gasteiger partial charge in [-0.05, 0) is 49.2 Å². The van der Waals surface area contributed by atoms with Crippen LogP contribution in [0.5, 0.6) is 0 Å². The van der Waals surface area contributed by atoms with Crippen molar-refractivity contribution in [2.24, 2.45) is 0 Å². The van der Waals surface area contributed by atoms with Crippen molar-refractivity contribution in [2.75, 3.05) is 16.0 Å². The minimum atomic E-state index is -3.28. The number of aryl methyl sites for hydroxylation is 2. The van der Waals surface area contributed by atoms with Gasteiger partial charge in [0.2, 0.25) is 0 Å². The third-order valence-electron chi connectivity index (χ3n) is 4.11. The average Bonchev–Trinajstić information content (AvgIpc) is 2.91. The van der Waals surface area contributed by atoms with Gasteiger partial charge in [-0.1, -0.05) is 30.3 Å². The average molecular weight is 356 g/mol. The molecule has 1 heterocycles. The Labute approximate surface area is 147 Å². The van der Waals surface area contributed by atoms with E-state index in [1.165, 1.54) is 10.3 Å². The van der Waals surface area contributed by atoms with Crippen LogP contribution < -0.4 is 10.2 Å². The number of rotatable bonds is 3. The van der Waals surface area contributed by atoms with Crippen LogP contribution in [0.3, 0.4) is 0 Å². The predicted octanol–water partition coefficient (Wildman–Crippen LogP) is 3.65. The minimum Gasteiger partial charge on any atom is -0.308 e. The van der Waals surface area contributed by atoms with Gasteiger partial charge < -0.3 is 5.32 Å². The normalized spacial score (nSPS) is 18.1. The van der Waals surface area contributed by atoms with E-state index in [1.807, 2.05) is 50.2 Å². The van der Waals surface area contributed by atoms with Gasteiger partial charge in [0.05, 0.1) is 11.8 Å². The third kappa shape index (κ3) is 3.91. The second-order valence-corrected chi connectivity index (χ2v) is 8.11. The van der Waals surface area contributed by atoms with Crippen molar-refractivity contribution >= 4 is 27.2 Å². The van der Waals surface area contributed by atoms with Crippen molar-refractivity contribution in [1.29, 1.82) is 0 Å². The Bertz CT molecular complexity index is 921. The van der Waals surface area contributed by atoms with E-state index in [0.29, 0.717) is 11.4 Å². The lowest BCUT2D eigenvalue weighted by molar-refractivity contribution is 0.256. The third-order valence-corrected chi connectivity index (χ3v) is 5.49. The monoisotopic (exact) mass is 356 g/mol. The van der Waals surface area contributed by atoms with Gasteiger partial charge in [-0.25, -0.2) is 13.2 Å². The molecule has 2 aromatic carbocycles. The molecular formula is C19H20N2O3S. The van der Waals surface area contributed by atoms with E-state index >= 15 is 0 Å². The molecule has 1 N–H and O–H groups in total. The Morgan fingerprint density at radius 2 is 1.84 bits per heavy atom. The van der Waals surface area contributed by atoms with E-state index in [1.54, 1.807) is 18.2 Å². The van der Waals surface area contributed by atoms with Crippen LogP contribution in [0.2, 0.25) is 0 Å². The molecule has 0 saturated carbocycles. The summed E-state index contributed by atoms with van der Waals surface area (Å²) in [5.74, 6) is -0.109. The number of sulfone groups is 1. The predicted molar refractivity (Wildman–Crippen MR) is 101 cm³/mol. The SMILES string of the molecule is Cc1ccc(C)c(N(C(=O)Nc2ccccc2)C2C=CS(=O)(=O)C2)c1. The second kappa shape index (κ2) is 6.72. The first-order valence-electron chi connectivity index (χ1n) is 7.99. The van der Waals surface area contributed by atoms with Crippen LogP contribution in [0.25, 0.3) is 0 Å². The topological polar surface area (TPSA) is 66.5 Å². The molecular weight excluding hydrogens is 336 g/mol. The van der Waals surface area contributed by atoms with Crippen LogP contribution >= 0.6 is 0 Å². The molecule has 1 unspecified atom stereocenters. The molecule has 5 nitrogen and oxygen atoms in total. The quantitative estimate of drug-likeness (QED) is 0.913. The summed E-state index contributed by atoms with van der Waals surface area (Å²) in [6, 6.07) is 14.0. The summed E-state index contributed by atoms with van der Waals surface area (Å²) in [6.45, 7) is 3.85. The second-order valence-electron chi connectivity index (χ2n) is 6.18. The highest BCUT2D eigenvalue weighted by atomic mass is 32.2. The number of urea groups is 1. The fraction of sp³-hybridized carbons (Fsp3) is 0.211. The smallest absolute Gasteiger partial charge is 0.308 e. The van der Waals surface area contributed by atoms with Crippen LogP contribution in [0.15, 0.2) is 60.0 Å². The van der Waals surface area contributed by atoms with Gasteiger partial charge in [0.1, 0.15) is 0 Å². The van der Waals surface area contributed by atoms with Crippen LogP contribution in [0.1, 0.15) is 11.1 Å². The fourth-order valence-corrected chi connectivity index (χ4v) is 4.11. The number of carbonyl (C=O) groups excluding carboxylic acids is 1. The number of hydrogen-bond donors (Lipinski definition) is 1. The van der Waals surface area contributed by atoms with Crippen LogP contribution in [-0.2, 0) is 9.84 Å². The molecule has 0 spiro atoms. The van der Waals surface area contributed by atoms with Crippen molar-refractivity contribution < 1.29 is 13.2 Å². The number of anilines is 2. The Morgan fingerprint density at radius 3 is 2.48 bits per heavy atom. The van der Waals surface area contributed by atoms with E-state index in [4.69, 9.17) is 0 Å². The maximum Gasteiger partial charge on any atom is 0.326 e. The number of para-hydroxylation sites is 1. The molecule has 0 bridgehead atoms. The van der Waals surface area contributed by atoms with Crippen molar-refractivity contribution in [3.05, 3.63) is 71.1 Å². The lowest BCUT2D eigenvalue weighted by Crippen LogP contribution is -2.44. The maximum atomic E-state index is 13.0. The molecule has 1 aliphatic rings. The van der Waals surface area contributed by atoms with Crippen molar-refractivity contribution in [3.8, 4) is 0 Å². The summed E-state index contributed by atoms with van der Waals surface area (Å²) < 4.78 is 23.7. The first-order chi connectivity index (χ1) is 11.9. The van der Waals surface area contributed by atoms with E-state index in [9.17, 15) is 13.2 Å².